The molecule has 0 radical (unpaired) electrons. The molecule has 1 aromatic heterocycles. The highest BCUT2D eigenvalue weighted by atomic mass is 32.1. The van der Waals surface area contributed by atoms with Gasteiger partial charge < -0.3 is 19.1 Å². The fourth-order valence-electron chi connectivity index (χ4n) is 4.64. The van der Waals surface area contributed by atoms with E-state index in [0.717, 1.165) is 41.0 Å². The van der Waals surface area contributed by atoms with E-state index in [4.69, 9.17) is 14.2 Å². The van der Waals surface area contributed by atoms with Crippen molar-refractivity contribution in [1.82, 2.24) is 9.88 Å². The summed E-state index contributed by atoms with van der Waals surface area (Å²) < 4.78 is 18.5. The average molecular weight is 425 g/mol. The van der Waals surface area contributed by atoms with Crippen molar-refractivity contribution >= 4 is 27.5 Å². The van der Waals surface area contributed by atoms with Crippen LogP contribution < -0.4 is 9.47 Å². The summed E-state index contributed by atoms with van der Waals surface area (Å²) in [5, 5.41) is 0. The Balaban J connectivity index is 1.38. The molecule has 30 heavy (non-hydrogen) atoms. The van der Waals surface area contributed by atoms with Gasteiger partial charge in [0.25, 0.3) is 5.91 Å². The molecule has 3 aromatic rings. The first-order valence-corrected chi connectivity index (χ1v) is 11.0. The van der Waals surface area contributed by atoms with Crippen LogP contribution >= 0.6 is 11.3 Å². The van der Waals surface area contributed by atoms with Gasteiger partial charge in [0, 0.05) is 18.7 Å². The molecule has 5 rings (SSSR count). The van der Waals surface area contributed by atoms with Crippen LogP contribution in [-0.2, 0) is 16.8 Å². The summed E-state index contributed by atoms with van der Waals surface area (Å²) in [5.41, 5.74) is 5.42. The number of carbonyl (C=O) groups excluding carboxylic acids is 1. The lowest BCUT2D eigenvalue weighted by atomic mass is 9.79. The molecule has 7 heteroatoms. The number of amides is 1. The number of piperidine rings is 1. The van der Waals surface area contributed by atoms with E-state index in [9.17, 15) is 4.79 Å². The van der Waals surface area contributed by atoms with Gasteiger partial charge in [-0.15, -0.1) is 11.3 Å². The molecular weight excluding hydrogens is 400 g/mol. The lowest BCUT2D eigenvalue weighted by molar-refractivity contribution is -0.0936. The zero-order valence-electron chi connectivity index (χ0n) is 17.1. The molecule has 1 amide bonds. The fraction of sp³-hybridized carbons (Fsp3) is 0.391. The van der Waals surface area contributed by atoms with Gasteiger partial charge in [0.05, 0.1) is 42.2 Å². The van der Waals surface area contributed by atoms with Crippen molar-refractivity contribution < 1.29 is 19.0 Å². The van der Waals surface area contributed by atoms with E-state index in [1.165, 1.54) is 11.1 Å². The van der Waals surface area contributed by atoms with Crippen LogP contribution in [0.5, 0.6) is 11.5 Å². The number of hydrogen-bond acceptors (Lipinski definition) is 6. The van der Waals surface area contributed by atoms with Crippen LogP contribution in [0.25, 0.3) is 10.2 Å². The Kier molecular flexibility index (Phi) is 4.87. The van der Waals surface area contributed by atoms with Crippen molar-refractivity contribution in [3.8, 4) is 11.5 Å². The van der Waals surface area contributed by atoms with Gasteiger partial charge in [-0.3, -0.25) is 4.79 Å². The number of ether oxygens (including phenoxy) is 3. The smallest absolute Gasteiger partial charge is 0.253 e. The number of thiazole rings is 1. The topological polar surface area (TPSA) is 60.9 Å². The molecular formula is C23H24N2O4S. The van der Waals surface area contributed by atoms with E-state index >= 15 is 0 Å². The summed E-state index contributed by atoms with van der Waals surface area (Å²) >= 11 is 1.59. The predicted octanol–water partition coefficient (Wildman–Crippen LogP) is 4.02. The summed E-state index contributed by atoms with van der Waals surface area (Å²) in [6, 6.07) is 9.89. The maximum atomic E-state index is 13.1. The third kappa shape index (κ3) is 3.13. The maximum Gasteiger partial charge on any atom is 0.253 e. The monoisotopic (exact) mass is 424 g/mol. The van der Waals surface area contributed by atoms with Gasteiger partial charge in [0.2, 0.25) is 0 Å². The van der Waals surface area contributed by atoms with Crippen molar-refractivity contribution in [1.29, 1.82) is 0 Å². The van der Waals surface area contributed by atoms with Gasteiger partial charge in [0.15, 0.2) is 11.5 Å². The molecule has 0 unspecified atom stereocenters. The van der Waals surface area contributed by atoms with E-state index in [-0.39, 0.29) is 11.5 Å². The molecule has 0 bridgehead atoms. The fourth-order valence-corrected chi connectivity index (χ4v) is 5.30. The lowest BCUT2D eigenvalue weighted by Crippen LogP contribution is -2.48. The summed E-state index contributed by atoms with van der Waals surface area (Å²) in [4.78, 5) is 19.4. The van der Waals surface area contributed by atoms with Gasteiger partial charge >= 0.3 is 0 Å². The third-order valence-corrected chi connectivity index (χ3v) is 7.10. The molecule has 0 saturated carbocycles. The first-order chi connectivity index (χ1) is 14.6. The minimum absolute atomic E-state index is 0.0584. The van der Waals surface area contributed by atoms with Crippen molar-refractivity contribution in [2.45, 2.75) is 24.9 Å². The summed E-state index contributed by atoms with van der Waals surface area (Å²) in [6.45, 7) is 1.99. The number of carbonyl (C=O) groups is 1. The molecule has 1 fully saturated rings. The van der Waals surface area contributed by atoms with Gasteiger partial charge in [-0.05, 0) is 60.7 Å². The Morgan fingerprint density at radius 2 is 1.90 bits per heavy atom. The highest BCUT2D eigenvalue weighted by molar-refractivity contribution is 7.16. The highest BCUT2D eigenvalue weighted by Gasteiger charge is 2.42. The Bertz CT molecular complexity index is 1100. The molecule has 1 saturated heterocycles. The van der Waals surface area contributed by atoms with Crippen LogP contribution in [0.1, 0.15) is 34.3 Å². The van der Waals surface area contributed by atoms with Crippen LogP contribution in [0.2, 0.25) is 0 Å². The minimum Gasteiger partial charge on any atom is -0.493 e. The number of aromatic nitrogens is 1. The van der Waals surface area contributed by atoms with Crippen LogP contribution in [0.3, 0.4) is 0 Å². The highest BCUT2D eigenvalue weighted by Crippen LogP contribution is 2.45. The van der Waals surface area contributed by atoms with Gasteiger partial charge in [-0.2, -0.15) is 0 Å². The number of hydrogen-bond donors (Lipinski definition) is 0. The Hall–Kier alpha value is -2.64. The molecule has 3 heterocycles. The van der Waals surface area contributed by atoms with Crippen molar-refractivity contribution in [3.05, 3.63) is 52.5 Å². The Morgan fingerprint density at radius 3 is 2.67 bits per heavy atom. The van der Waals surface area contributed by atoms with Crippen LogP contribution in [0, 0.1) is 0 Å². The summed E-state index contributed by atoms with van der Waals surface area (Å²) in [7, 11) is 3.31. The number of benzene rings is 2. The van der Waals surface area contributed by atoms with Gasteiger partial charge in [-0.1, -0.05) is 0 Å². The maximum absolute atomic E-state index is 13.1. The standard InChI is InChI=1S/C23H24N2O4S/c1-27-19-12-15-5-10-29-23(17(15)13-20(19)28-2)6-8-25(9-7-23)22(26)16-3-4-21-18(11-16)24-14-30-21/h3-4,11-14H,5-10H2,1-2H3. The summed E-state index contributed by atoms with van der Waals surface area (Å²) in [5.74, 6) is 1.53. The molecule has 0 aliphatic carbocycles. The molecule has 1 spiro atoms. The van der Waals surface area contributed by atoms with Crippen molar-refractivity contribution in [2.24, 2.45) is 0 Å². The van der Waals surface area contributed by atoms with Crippen LogP contribution in [-0.4, -0.2) is 49.7 Å². The second-order valence-corrected chi connectivity index (χ2v) is 8.67. The predicted molar refractivity (Wildman–Crippen MR) is 116 cm³/mol. The lowest BCUT2D eigenvalue weighted by Gasteiger charge is -2.45. The average Bonchev–Trinajstić information content (AvgIpc) is 3.26. The molecule has 6 nitrogen and oxygen atoms in total. The molecule has 2 aromatic carbocycles. The zero-order chi connectivity index (χ0) is 20.7. The van der Waals surface area contributed by atoms with Crippen LogP contribution in [0.15, 0.2) is 35.8 Å². The van der Waals surface area contributed by atoms with Crippen molar-refractivity contribution in [3.63, 3.8) is 0 Å². The van der Waals surface area contributed by atoms with E-state index in [1.54, 1.807) is 25.6 Å². The number of rotatable bonds is 3. The molecule has 2 aliphatic rings. The SMILES string of the molecule is COc1cc2c(cc1OC)C1(CCN(C(=O)c3ccc4scnc4c3)CC1)OCC2. The molecule has 156 valence electrons. The van der Waals surface area contributed by atoms with E-state index < -0.39 is 0 Å². The van der Waals surface area contributed by atoms with Crippen molar-refractivity contribution in [2.75, 3.05) is 33.9 Å². The second-order valence-electron chi connectivity index (χ2n) is 7.78. The number of likely N-dealkylation sites (tertiary alicyclic amines) is 1. The number of methoxy groups -OCH3 is 2. The molecule has 0 N–H and O–H groups in total. The second kappa shape index (κ2) is 7.56. The molecule has 0 atom stereocenters. The first-order valence-electron chi connectivity index (χ1n) is 10.2. The Morgan fingerprint density at radius 1 is 1.13 bits per heavy atom. The first kappa shape index (κ1) is 19.3. The largest absolute Gasteiger partial charge is 0.493 e. The van der Waals surface area contributed by atoms with E-state index in [0.29, 0.717) is 25.3 Å². The van der Waals surface area contributed by atoms with E-state index in [1.807, 2.05) is 28.6 Å². The van der Waals surface area contributed by atoms with Gasteiger partial charge in [0.1, 0.15) is 0 Å². The number of nitrogens with zero attached hydrogens (tertiary/aromatic N) is 2. The normalized spacial score (nSPS) is 17.7. The van der Waals surface area contributed by atoms with Crippen LogP contribution in [0.4, 0.5) is 0 Å². The van der Waals surface area contributed by atoms with E-state index in [2.05, 4.69) is 17.1 Å². The van der Waals surface area contributed by atoms with Gasteiger partial charge in [-0.25, -0.2) is 4.98 Å². The minimum atomic E-state index is -0.372. The third-order valence-electron chi connectivity index (χ3n) is 6.29. The zero-order valence-corrected chi connectivity index (χ0v) is 18.0. The molecule has 2 aliphatic heterocycles. The number of fused-ring (bicyclic) bond motifs is 3. The quantitative estimate of drug-likeness (QED) is 0.636. The Labute approximate surface area is 179 Å². The summed E-state index contributed by atoms with van der Waals surface area (Å²) in [6.07, 6.45) is 2.38.